The van der Waals surface area contributed by atoms with Crippen LogP contribution in [0.1, 0.15) is 17.3 Å². The van der Waals surface area contributed by atoms with Crippen molar-refractivity contribution in [1.82, 2.24) is 0 Å². The van der Waals surface area contributed by atoms with Gasteiger partial charge in [0.25, 0.3) is 0 Å². The van der Waals surface area contributed by atoms with Gasteiger partial charge < -0.3 is 5.11 Å². The van der Waals surface area contributed by atoms with Gasteiger partial charge >= 0.3 is 0 Å². The number of ketones is 1. The van der Waals surface area contributed by atoms with Crippen molar-refractivity contribution >= 4 is 29.0 Å². The van der Waals surface area contributed by atoms with Gasteiger partial charge in [-0.1, -0.05) is 23.2 Å². The minimum absolute atomic E-state index is 0.326. The Morgan fingerprint density at radius 1 is 1.31 bits per heavy atom. The Kier molecular flexibility index (Phi) is 3.31. The van der Waals surface area contributed by atoms with E-state index in [1.165, 1.54) is 25.1 Å². The summed E-state index contributed by atoms with van der Waals surface area (Å²) >= 11 is 11.4. The van der Waals surface area contributed by atoms with Gasteiger partial charge in [0.1, 0.15) is 6.10 Å². The molecular formula is C9H8Cl2O2. The highest BCUT2D eigenvalue weighted by atomic mass is 35.5. The number of rotatable bonds is 2. The van der Waals surface area contributed by atoms with E-state index in [1.54, 1.807) is 0 Å². The van der Waals surface area contributed by atoms with Crippen LogP contribution in [-0.2, 0) is 0 Å². The fraction of sp³-hybridized carbons (Fsp3) is 0.222. The van der Waals surface area contributed by atoms with Crippen LogP contribution in [0.5, 0.6) is 0 Å². The average molecular weight is 219 g/mol. The van der Waals surface area contributed by atoms with Gasteiger partial charge in [0, 0.05) is 15.6 Å². The number of aliphatic hydroxyl groups is 1. The van der Waals surface area contributed by atoms with Crippen LogP contribution in [0.25, 0.3) is 0 Å². The Labute approximate surface area is 86.1 Å². The first-order chi connectivity index (χ1) is 6.00. The van der Waals surface area contributed by atoms with Crippen molar-refractivity contribution in [2.45, 2.75) is 13.0 Å². The number of aliphatic hydroxyl groups excluding tert-OH is 1. The van der Waals surface area contributed by atoms with Gasteiger partial charge in [-0.15, -0.1) is 0 Å². The van der Waals surface area contributed by atoms with Crippen molar-refractivity contribution in [3.8, 4) is 0 Å². The van der Waals surface area contributed by atoms with Crippen LogP contribution in [0.15, 0.2) is 18.2 Å². The third-order valence-electron chi connectivity index (χ3n) is 1.53. The van der Waals surface area contributed by atoms with Gasteiger partial charge in [0.15, 0.2) is 5.78 Å². The van der Waals surface area contributed by atoms with Crippen LogP contribution in [0, 0.1) is 0 Å². The highest BCUT2D eigenvalue weighted by Crippen LogP contribution is 2.19. The molecule has 0 aromatic heterocycles. The largest absolute Gasteiger partial charge is 0.385 e. The van der Waals surface area contributed by atoms with Crippen LogP contribution >= 0.6 is 23.2 Å². The molecule has 0 aliphatic carbocycles. The Bertz CT molecular complexity index is 314. The van der Waals surface area contributed by atoms with E-state index in [-0.39, 0.29) is 5.78 Å². The zero-order chi connectivity index (χ0) is 10.0. The molecule has 0 fully saturated rings. The van der Waals surface area contributed by atoms with E-state index >= 15 is 0 Å². The molecule has 1 aromatic carbocycles. The summed E-state index contributed by atoms with van der Waals surface area (Å²) in [6, 6.07) is 4.48. The summed E-state index contributed by atoms with van der Waals surface area (Å²) in [5, 5.41) is 9.79. The van der Waals surface area contributed by atoms with Crippen molar-refractivity contribution in [3.05, 3.63) is 33.8 Å². The van der Waals surface area contributed by atoms with E-state index in [1.807, 2.05) is 0 Å². The number of Topliss-reactive ketones (excluding diaryl/α,β-unsaturated/α-hetero) is 1. The first-order valence-corrected chi connectivity index (χ1v) is 4.44. The molecule has 1 aromatic rings. The summed E-state index contributed by atoms with van der Waals surface area (Å²) in [4.78, 5) is 11.3. The first kappa shape index (κ1) is 10.5. The number of hydrogen-bond acceptors (Lipinski definition) is 2. The molecule has 70 valence electrons. The molecule has 1 rings (SSSR count). The van der Waals surface area contributed by atoms with E-state index in [0.29, 0.717) is 15.6 Å². The molecule has 0 saturated heterocycles. The summed E-state index contributed by atoms with van der Waals surface area (Å²) in [6.07, 6.45) is -1.03. The zero-order valence-corrected chi connectivity index (χ0v) is 8.43. The molecule has 0 aliphatic heterocycles. The lowest BCUT2D eigenvalue weighted by Crippen LogP contribution is -2.15. The number of benzene rings is 1. The van der Waals surface area contributed by atoms with E-state index in [4.69, 9.17) is 28.3 Å². The highest BCUT2D eigenvalue weighted by Gasteiger charge is 2.12. The van der Waals surface area contributed by atoms with Crippen molar-refractivity contribution in [3.63, 3.8) is 0 Å². The third-order valence-corrected chi connectivity index (χ3v) is 1.96. The van der Waals surface area contributed by atoms with E-state index in [2.05, 4.69) is 0 Å². The van der Waals surface area contributed by atoms with Crippen LogP contribution in [0.2, 0.25) is 10.0 Å². The molecule has 0 radical (unpaired) electrons. The predicted octanol–water partition coefficient (Wildman–Crippen LogP) is 2.56. The number of halogens is 2. The fourth-order valence-corrected chi connectivity index (χ4v) is 1.46. The Morgan fingerprint density at radius 2 is 1.77 bits per heavy atom. The quantitative estimate of drug-likeness (QED) is 0.776. The Morgan fingerprint density at radius 3 is 2.15 bits per heavy atom. The molecule has 13 heavy (non-hydrogen) atoms. The third kappa shape index (κ3) is 2.69. The van der Waals surface area contributed by atoms with E-state index < -0.39 is 6.10 Å². The Balaban J connectivity index is 3.08. The normalized spacial score (nSPS) is 12.6. The van der Waals surface area contributed by atoms with Crippen LogP contribution in [0.3, 0.4) is 0 Å². The molecule has 1 N–H and O–H groups in total. The molecular weight excluding hydrogens is 211 g/mol. The van der Waals surface area contributed by atoms with Crippen LogP contribution in [-0.4, -0.2) is 17.0 Å². The van der Waals surface area contributed by atoms with Gasteiger partial charge in [-0.25, -0.2) is 0 Å². The second-order valence-electron chi connectivity index (χ2n) is 2.70. The average Bonchev–Trinajstić information content (AvgIpc) is 2.01. The summed E-state index contributed by atoms with van der Waals surface area (Å²) in [7, 11) is 0. The lowest BCUT2D eigenvalue weighted by molar-refractivity contribution is 0.0779. The molecule has 0 bridgehead atoms. The second kappa shape index (κ2) is 4.09. The van der Waals surface area contributed by atoms with Crippen LogP contribution < -0.4 is 0 Å². The molecule has 1 atom stereocenters. The minimum Gasteiger partial charge on any atom is -0.385 e. The van der Waals surface area contributed by atoms with Crippen molar-refractivity contribution < 1.29 is 9.90 Å². The number of carbonyl (C=O) groups is 1. The van der Waals surface area contributed by atoms with Crippen molar-refractivity contribution in [2.75, 3.05) is 0 Å². The minimum atomic E-state index is -1.03. The summed E-state index contributed by atoms with van der Waals surface area (Å²) in [6.45, 7) is 1.40. The number of hydrogen-bond donors (Lipinski definition) is 1. The molecule has 0 spiro atoms. The highest BCUT2D eigenvalue weighted by molar-refractivity contribution is 6.35. The lowest BCUT2D eigenvalue weighted by atomic mass is 10.1. The topological polar surface area (TPSA) is 37.3 Å². The standard InChI is InChI=1S/C9H8Cl2O2/c1-5(12)9(13)6-2-7(10)4-8(11)3-6/h2-5,12H,1H3. The van der Waals surface area contributed by atoms with Gasteiger partial charge in [-0.3, -0.25) is 4.79 Å². The Hall–Kier alpha value is -0.570. The van der Waals surface area contributed by atoms with Gasteiger partial charge in [-0.2, -0.15) is 0 Å². The summed E-state index contributed by atoms with van der Waals surface area (Å²) in [5.41, 5.74) is 0.326. The zero-order valence-electron chi connectivity index (χ0n) is 6.92. The van der Waals surface area contributed by atoms with Crippen molar-refractivity contribution in [1.29, 1.82) is 0 Å². The van der Waals surface area contributed by atoms with E-state index in [0.717, 1.165) is 0 Å². The molecule has 1 unspecified atom stereocenters. The smallest absolute Gasteiger partial charge is 0.191 e. The summed E-state index contributed by atoms with van der Waals surface area (Å²) < 4.78 is 0. The van der Waals surface area contributed by atoms with Crippen LogP contribution in [0.4, 0.5) is 0 Å². The molecule has 0 aliphatic rings. The molecule has 0 heterocycles. The molecule has 0 saturated carbocycles. The fourth-order valence-electron chi connectivity index (χ4n) is 0.937. The predicted molar refractivity (Wildman–Crippen MR) is 52.5 cm³/mol. The van der Waals surface area contributed by atoms with E-state index in [9.17, 15) is 4.79 Å². The first-order valence-electron chi connectivity index (χ1n) is 3.69. The molecule has 2 nitrogen and oxygen atoms in total. The van der Waals surface area contributed by atoms with Gasteiger partial charge in [-0.05, 0) is 25.1 Å². The summed E-state index contributed by atoms with van der Waals surface area (Å²) in [5.74, 6) is -0.385. The lowest BCUT2D eigenvalue weighted by Gasteiger charge is -2.04. The second-order valence-corrected chi connectivity index (χ2v) is 3.57. The maximum absolute atomic E-state index is 11.3. The SMILES string of the molecule is CC(O)C(=O)c1cc(Cl)cc(Cl)c1. The maximum Gasteiger partial charge on any atom is 0.191 e. The molecule has 0 amide bonds. The van der Waals surface area contributed by atoms with Crippen molar-refractivity contribution in [2.24, 2.45) is 0 Å². The monoisotopic (exact) mass is 218 g/mol. The van der Waals surface area contributed by atoms with Gasteiger partial charge in [0.2, 0.25) is 0 Å². The molecule has 4 heteroatoms. The number of carbonyl (C=O) groups excluding carboxylic acids is 1. The maximum atomic E-state index is 11.3. The van der Waals surface area contributed by atoms with Gasteiger partial charge in [0.05, 0.1) is 0 Å².